The number of nitrogens with two attached hydrogens (primary N) is 1. The van der Waals surface area contributed by atoms with Crippen molar-refractivity contribution in [1.29, 1.82) is 0 Å². The molecule has 2 N–H and O–H groups in total. The molecule has 3 aromatic rings. The van der Waals surface area contributed by atoms with E-state index in [9.17, 15) is 26.4 Å². The van der Waals surface area contributed by atoms with Gasteiger partial charge in [0.05, 0.1) is 21.7 Å². The van der Waals surface area contributed by atoms with Crippen molar-refractivity contribution in [3.05, 3.63) is 48.8 Å². The van der Waals surface area contributed by atoms with Crippen molar-refractivity contribution in [3.63, 3.8) is 0 Å². The fraction of sp³-hybridized carbons (Fsp3) is 0.273. The number of carbonyl (C=O) groups excluding carboxylic acids is 1. The first kappa shape index (κ1) is 24.4. The van der Waals surface area contributed by atoms with Gasteiger partial charge in [0, 0.05) is 43.4 Å². The second-order valence-electron chi connectivity index (χ2n) is 7.98. The molecule has 0 bridgehead atoms. The van der Waals surface area contributed by atoms with E-state index >= 15 is 0 Å². The molecule has 2 aromatic heterocycles. The number of amides is 1. The van der Waals surface area contributed by atoms with Crippen LogP contribution in [0.15, 0.2) is 48.1 Å². The lowest BCUT2D eigenvalue weighted by atomic mass is 10.0. The van der Waals surface area contributed by atoms with Gasteiger partial charge in [-0.1, -0.05) is 6.58 Å². The molecule has 1 amide bonds. The Labute approximate surface area is 199 Å². The standard InChI is InChI=1S/C22H21F3N6O3S/c1-3-19(32)30-6-8-31(9-7-30)21-13-11-17(35(2,33)34)14(10-16(13)27-12-28-21)20-15(22(23,24)25)4-5-18(26)29-20/h3-5,10-12H,1,6-9H2,2H3,(H2,26,29). The highest BCUT2D eigenvalue weighted by atomic mass is 32.2. The lowest BCUT2D eigenvalue weighted by Crippen LogP contribution is -2.48. The lowest BCUT2D eigenvalue weighted by Gasteiger charge is -2.35. The highest BCUT2D eigenvalue weighted by Crippen LogP contribution is 2.40. The van der Waals surface area contributed by atoms with Crippen molar-refractivity contribution in [2.24, 2.45) is 0 Å². The fourth-order valence-electron chi connectivity index (χ4n) is 3.99. The Morgan fingerprint density at radius 3 is 2.43 bits per heavy atom. The van der Waals surface area contributed by atoms with E-state index in [0.717, 1.165) is 18.4 Å². The summed E-state index contributed by atoms with van der Waals surface area (Å²) in [6, 6.07) is 4.29. The van der Waals surface area contributed by atoms with Crippen LogP contribution < -0.4 is 10.6 Å². The summed E-state index contributed by atoms with van der Waals surface area (Å²) in [6.45, 7) is 5.10. The smallest absolute Gasteiger partial charge is 0.384 e. The number of hydrogen-bond donors (Lipinski definition) is 1. The van der Waals surface area contributed by atoms with Crippen molar-refractivity contribution in [1.82, 2.24) is 19.9 Å². The Morgan fingerprint density at radius 1 is 1.14 bits per heavy atom. The molecule has 1 aliphatic rings. The minimum absolute atomic E-state index is 0.192. The highest BCUT2D eigenvalue weighted by Gasteiger charge is 2.36. The van der Waals surface area contributed by atoms with E-state index in [1.807, 2.05) is 4.90 Å². The molecule has 0 unspecified atom stereocenters. The molecule has 13 heteroatoms. The van der Waals surface area contributed by atoms with Gasteiger partial charge in [0.15, 0.2) is 9.84 Å². The summed E-state index contributed by atoms with van der Waals surface area (Å²) in [5.74, 6) is 0.0212. The number of hydrogen-bond acceptors (Lipinski definition) is 8. The molecular formula is C22H21F3N6O3S. The predicted octanol–water partition coefficient (Wildman–Crippen LogP) is 2.53. The van der Waals surface area contributed by atoms with Crippen LogP contribution in [-0.4, -0.2) is 66.6 Å². The molecule has 0 spiro atoms. The van der Waals surface area contributed by atoms with Crippen LogP contribution in [0.3, 0.4) is 0 Å². The van der Waals surface area contributed by atoms with Gasteiger partial charge in [-0.2, -0.15) is 13.2 Å². The minimum Gasteiger partial charge on any atom is -0.384 e. The van der Waals surface area contributed by atoms with Crippen LogP contribution in [-0.2, 0) is 20.8 Å². The maximum atomic E-state index is 13.7. The predicted molar refractivity (Wildman–Crippen MR) is 124 cm³/mol. The topological polar surface area (TPSA) is 122 Å². The third-order valence-corrected chi connectivity index (χ3v) is 6.79. The second kappa shape index (κ2) is 8.80. The molecule has 0 atom stereocenters. The zero-order chi connectivity index (χ0) is 25.5. The number of nitrogen functional groups attached to an aromatic ring is 1. The molecule has 1 aromatic carbocycles. The van der Waals surface area contributed by atoms with E-state index in [4.69, 9.17) is 5.73 Å². The molecular weight excluding hydrogens is 485 g/mol. The van der Waals surface area contributed by atoms with E-state index < -0.39 is 27.3 Å². The lowest BCUT2D eigenvalue weighted by molar-refractivity contribution is -0.137. The van der Waals surface area contributed by atoms with Crippen LogP contribution in [0.1, 0.15) is 5.56 Å². The van der Waals surface area contributed by atoms with Gasteiger partial charge < -0.3 is 15.5 Å². The molecule has 1 fully saturated rings. The number of halogens is 3. The van der Waals surface area contributed by atoms with Gasteiger partial charge in [-0.05, 0) is 30.3 Å². The zero-order valence-electron chi connectivity index (χ0n) is 18.6. The summed E-state index contributed by atoms with van der Waals surface area (Å²) in [5.41, 5.74) is 3.91. The molecule has 9 nitrogen and oxygen atoms in total. The number of pyridine rings is 1. The molecule has 35 heavy (non-hydrogen) atoms. The van der Waals surface area contributed by atoms with Gasteiger partial charge in [-0.15, -0.1) is 0 Å². The Morgan fingerprint density at radius 2 is 1.83 bits per heavy atom. The van der Waals surface area contributed by atoms with Gasteiger partial charge in [0.25, 0.3) is 0 Å². The third-order valence-electron chi connectivity index (χ3n) is 5.66. The maximum Gasteiger partial charge on any atom is 0.418 e. The average Bonchev–Trinajstić information content (AvgIpc) is 2.81. The Balaban J connectivity index is 1.89. The zero-order valence-corrected chi connectivity index (χ0v) is 19.4. The first-order valence-electron chi connectivity index (χ1n) is 10.4. The number of alkyl halides is 3. The minimum atomic E-state index is -4.79. The summed E-state index contributed by atoms with van der Waals surface area (Å²) in [5, 5.41) is 0.345. The Hall–Kier alpha value is -3.74. The number of aromatic nitrogens is 3. The Kier molecular flexibility index (Phi) is 6.13. The SMILES string of the molecule is C=CC(=O)N1CCN(c2ncnc3cc(-c4nc(N)ccc4C(F)(F)F)c(S(C)(=O)=O)cc23)CC1. The molecule has 1 saturated heterocycles. The van der Waals surface area contributed by atoms with Crippen molar-refractivity contribution in [2.45, 2.75) is 11.1 Å². The number of fused-ring (bicyclic) bond motifs is 1. The summed E-state index contributed by atoms with van der Waals surface area (Å²) in [4.78, 5) is 27.3. The van der Waals surface area contributed by atoms with E-state index in [1.165, 1.54) is 24.5 Å². The summed E-state index contributed by atoms with van der Waals surface area (Å²) < 4.78 is 66.6. The molecule has 3 heterocycles. The van der Waals surface area contributed by atoms with E-state index in [0.29, 0.717) is 37.4 Å². The molecule has 1 aliphatic heterocycles. The quantitative estimate of drug-likeness (QED) is 0.536. The molecule has 184 valence electrons. The molecule has 4 rings (SSSR count). The number of sulfone groups is 1. The van der Waals surface area contributed by atoms with Crippen molar-refractivity contribution >= 4 is 38.3 Å². The second-order valence-corrected chi connectivity index (χ2v) is 9.97. The first-order chi connectivity index (χ1) is 16.4. The largest absolute Gasteiger partial charge is 0.418 e. The maximum absolute atomic E-state index is 13.7. The summed E-state index contributed by atoms with van der Waals surface area (Å²) in [6.07, 6.45) is -1.41. The molecule has 0 saturated carbocycles. The highest BCUT2D eigenvalue weighted by molar-refractivity contribution is 7.90. The average molecular weight is 507 g/mol. The van der Waals surface area contributed by atoms with Crippen LogP contribution in [0.4, 0.5) is 24.8 Å². The molecule has 0 aliphatic carbocycles. The summed E-state index contributed by atoms with van der Waals surface area (Å²) >= 11 is 0. The van der Waals surface area contributed by atoms with Crippen molar-refractivity contribution < 1.29 is 26.4 Å². The number of benzene rings is 1. The van der Waals surface area contributed by atoms with Gasteiger partial charge in [-0.3, -0.25) is 4.79 Å². The number of rotatable bonds is 4. The van der Waals surface area contributed by atoms with Gasteiger partial charge in [0.2, 0.25) is 5.91 Å². The van der Waals surface area contributed by atoms with E-state index in [1.54, 1.807) is 4.90 Å². The number of carbonyl (C=O) groups is 1. The van der Waals surface area contributed by atoms with Crippen LogP contribution in [0.2, 0.25) is 0 Å². The van der Waals surface area contributed by atoms with Crippen LogP contribution >= 0.6 is 0 Å². The van der Waals surface area contributed by atoms with Crippen molar-refractivity contribution in [2.75, 3.05) is 43.1 Å². The van der Waals surface area contributed by atoms with Gasteiger partial charge >= 0.3 is 6.18 Å². The Bertz CT molecular complexity index is 1430. The van der Waals surface area contributed by atoms with E-state index in [2.05, 4.69) is 21.5 Å². The van der Waals surface area contributed by atoms with Gasteiger partial charge in [-0.25, -0.2) is 23.4 Å². The van der Waals surface area contributed by atoms with Crippen LogP contribution in [0.25, 0.3) is 22.2 Å². The van der Waals surface area contributed by atoms with E-state index in [-0.39, 0.29) is 27.7 Å². The summed E-state index contributed by atoms with van der Waals surface area (Å²) in [7, 11) is -4.01. The first-order valence-corrected chi connectivity index (χ1v) is 12.3. The van der Waals surface area contributed by atoms with Crippen molar-refractivity contribution in [3.8, 4) is 11.3 Å². The normalized spacial score (nSPS) is 14.9. The van der Waals surface area contributed by atoms with Crippen LogP contribution in [0.5, 0.6) is 0 Å². The fourth-order valence-corrected chi connectivity index (χ4v) is 4.88. The molecule has 0 radical (unpaired) electrons. The van der Waals surface area contributed by atoms with Crippen LogP contribution in [0, 0.1) is 0 Å². The number of nitrogens with zero attached hydrogens (tertiary/aromatic N) is 5. The monoisotopic (exact) mass is 506 g/mol. The number of anilines is 2. The van der Waals surface area contributed by atoms with Gasteiger partial charge in [0.1, 0.15) is 18.0 Å². The third kappa shape index (κ3) is 4.76. The number of piperazine rings is 1.